The number of rotatable bonds is 6. The van der Waals surface area contributed by atoms with E-state index in [-0.39, 0.29) is 17.0 Å². The number of aliphatic hydroxyl groups excluding tert-OH is 1. The van der Waals surface area contributed by atoms with Gasteiger partial charge in [-0.15, -0.1) is 0 Å². The maximum Gasteiger partial charge on any atom is 0.337 e. The first kappa shape index (κ1) is 16.6. The summed E-state index contributed by atoms with van der Waals surface area (Å²) in [5, 5.41) is 9.20. The fraction of sp³-hybridized carbons (Fsp3) is 0.462. The Morgan fingerprint density at radius 2 is 2.10 bits per heavy atom. The Morgan fingerprint density at radius 3 is 2.65 bits per heavy atom. The van der Waals surface area contributed by atoms with E-state index < -0.39 is 22.1 Å². The highest BCUT2D eigenvalue weighted by Crippen LogP contribution is 2.17. The van der Waals surface area contributed by atoms with Crippen LogP contribution < -0.4 is 0 Å². The standard InChI is InChI=1S/C13H19NO5S/c1-10(15)7-8-14(2)20(17,18)12-6-4-5-11(9-12)13(16)19-3/h4-6,9-10,15H,7-8H2,1-3H3. The largest absolute Gasteiger partial charge is 0.465 e. The highest BCUT2D eigenvalue weighted by Gasteiger charge is 2.22. The number of sulfonamides is 1. The number of hydrogen-bond donors (Lipinski definition) is 1. The molecule has 0 radical (unpaired) electrons. The summed E-state index contributed by atoms with van der Waals surface area (Å²) in [5.74, 6) is -0.589. The zero-order chi connectivity index (χ0) is 15.3. The van der Waals surface area contributed by atoms with Crippen LogP contribution >= 0.6 is 0 Å². The van der Waals surface area contributed by atoms with Crippen molar-refractivity contribution in [2.24, 2.45) is 0 Å². The van der Waals surface area contributed by atoms with Crippen LogP contribution in [0, 0.1) is 0 Å². The van der Waals surface area contributed by atoms with Gasteiger partial charge in [-0.1, -0.05) is 6.07 Å². The molecule has 1 N–H and O–H groups in total. The van der Waals surface area contributed by atoms with Crippen molar-refractivity contribution >= 4 is 16.0 Å². The van der Waals surface area contributed by atoms with Crippen molar-refractivity contribution in [1.82, 2.24) is 4.31 Å². The molecule has 0 heterocycles. The Balaban J connectivity index is 3.00. The Labute approximate surface area is 119 Å². The number of hydrogen-bond acceptors (Lipinski definition) is 5. The van der Waals surface area contributed by atoms with E-state index >= 15 is 0 Å². The molecule has 7 heteroatoms. The average molecular weight is 301 g/mol. The van der Waals surface area contributed by atoms with Crippen molar-refractivity contribution in [2.45, 2.75) is 24.3 Å². The molecule has 1 rings (SSSR count). The van der Waals surface area contributed by atoms with Gasteiger partial charge in [0.15, 0.2) is 0 Å². The first-order valence-corrected chi connectivity index (χ1v) is 7.56. The molecule has 0 saturated carbocycles. The van der Waals surface area contributed by atoms with E-state index in [1.807, 2.05) is 0 Å². The summed E-state index contributed by atoms with van der Waals surface area (Å²) in [6.45, 7) is 1.79. The topological polar surface area (TPSA) is 83.9 Å². The van der Waals surface area contributed by atoms with Crippen molar-refractivity contribution in [3.05, 3.63) is 29.8 Å². The monoisotopic (exact) mass is 301 g/mol. The molecule has 0 saturated heterocycles. The molecule has 6 nitrogen and oxygen atoms in total. The summed E-state index contributed by atoms with van der Waals surface area (Å²) < 4.78 is 30.3. The minimum Gasteiger partial charge on any atom is -0.465 e. The molecule has 0 aliphatic carbocycles. The van der Waals surface area contributed by atoms with E-state index in [4.69, 9.17) is 0 Å². The van der Waals surface area contributed by atoms with Crippen LogP contribution in [-0.2, 0) is 14.8 Å². The van der Waals surface area contributed by atoms with Gasteiger partial charge in [-0.25, -0.2) is 17.5 Å². The fourth-order valence-electron chi connectivity index (χ4n) is 1.57. The lowest BCUT2D eigenvalue weighted by Gasteiger charge is -2.18. The summed E-state index contributed by atoms with van der Waals surface area (Å²) in [7, 11) is -1.02. The lowest BCUT2D eigenvalue weighted by Crippen LogP contribution is -2.29. The minimum absolute atomic E-state index is 0.0218. The molecule has 20 heavy (non-hydrogen) atoms. The number of carbonyl (C=O) groups is 1. The van der Waals surface area contributed by atoms with E-state index in [2.05, 4.69) is 4.74 Å². The first-order chi connectivity index (χ1) is 9.28. The predicted octanol–water partition coefficient (Wildman–Crippen LogP) is 0.865. The maximum atomic E-state index is 12.3. The van der Waals surface area contributed by atoms with Crippen molar-refractivity contribution in [3.63, 3.8) is 0 Å². The Morgan fingerprint density at radius 1 is 1.45 bits per heavy atom. The van der Waals surface area contributed by atoms with Crippen LogP contribution in [0.1, 0.15) is 23.7 Å². The summed E-state index contributed by atoms with van der Waals surface area (Å²) >= 11 is 0. The summed E-state index contributed by atoms with van der Waals surface area (Å²) in [6.07, 6.45) is -0.235. The number of aliphatic hydroxyl groups is 1. The predicted molar refractivity (Wildman–Crippen MR) is 73.9 cm³/mol. The van der Waals surface area contributed by atoms with Crippen LogP contribution in [0.4, 0.5) is 0 Å². The van der Waals surface area contributed by atoms with Gasteiger partial charge in [0.1, 0.15) is 0 Å². The van der Waals surface area contributed by atoms with Crippen molar-refractivity contribution in [1.29, 1.82) is 0 Å². The van der Waals surface area contributed by atoms with E-state index in [0.29, 0.717) is 6.42 Å². The number of methoxy groups -OCH3 is 1. The zero-order valence-corrected chi connectivity index (χ0v) is 12.6. The lowest BCUT2D eigenvalue weighted by molar-refractivity contribution is 0.0600. The van der Waals surface area contributed by atoms with Gasteiger partial charge in [-0.05, 0) is 31.5 Å². The molecular weight excluding hydrogens is 282 g/mol. The normalized spacial score (nSPS) is 13.2. The van der Waals surface area contributed by atoms with Crippen molar-refractivity contribution in [3.8, 4) is 0 Å². The first-order valence-electron chi connectivity index (χ1n) is 6.12. The third-order valence-corrected chi connectivity index (χ3v) is 4.68. The van der Waals surface area contributed by atoms with Gasteiger partial charge < -0.3 is 9.84 Å². The van der Waals surface area contributed by atoms with Gasteiger partial charge in [0.25, 0.3) is 0 Å². The highest BCUT2D eigenvalue weighted by molar-refractivity contribution is 7.89. The van der Waals surface area contributed by atoms with Crippen molar-refractivity contribution < 1.29 is 23.1 Å². The van der Waals surface area contributed by atoms with E-state index in [9.17, 15) is 18.3 Å². The third-order valence-electron chi connectivity index (χ3n) is 2.83. The number of benzene rings is 1. The van der Waals surface area contributed by atoms with Gasteiger partial charge in [-0.3, -0.25) is 0 Å². The molecule has 0 bridgehead atoms. The molecule has 1 aromatic rings. The van der Waals surface area contributed by atoms with Crippen LogP contribution in [0.3, 0.4) is 0 Å². The number of carbonyl (C=O) groups excluding carboxylic acids is 1. The molecular formula is C13H19NO5S. The van der Waals surface area contributed by atoms with Gasteiger partial charge >= 0.3 is 5.97 Å². The molecule has 0 spiro atoms. The minimum atomic E-state index is -3.68. The second-order valence-electron chi connectivity index (χ2n) is 4.48. The fourth-order valence-corrected chi connectivity index (χ4v) is 2.80. The van der Waals surface area contributed by atoms with Crippen LogP contribution in [-0.4, -0.2) is 50.6 Å². The zero-order valence-electron chi connectivity index (χ0n) is 11.7. The van der Waals surface area contributed by atoms with Crippen LogP contribution in [0.15, 0.2) is 29.2 Å². The van der Waals surface area contributed by atoms with Crippen LogP contribution in [0.5, 0.6) is 0 Å². The van der Waals surface area contributed by atoms with Crippen LogP contribution in [0.25, 0.3) is 0 Å². The molecule has 0 aliphatic heterocycles. The molecule has 1 aromatic carbocycles. The Kier molecular flexibility index (Phi) is 5.67. The summed E-state index contributed by atoms with van der Waals surface area (Å²) in [4.78, 5) is 11.4. The highest BCUT2D eigenvalue weighted by atomic mass is 32.2. The second kappa shape index (κ2) is 6.83. The number of ether oxygens (including phenoxy) is 1. The Hall–Kier alpha value is -1.44. The van der Waals surface area contributed by atoms with E-state index in [1.165, 1.54) is 38.4 Å². The second-order valence-corrected chi connectivity index (χ2v) is 6.53. The molecule has 0 amide bonds. The van der Waals surface area contributed by atoms with Gasteiger partial charge in [0, 0.05) is 13.6 Å². The molecule has 1 unspecified atom stereocenters. The van der Waals surface area contributed by atoms with Crippen molar-refractivity contribution in [2.75, 3.05) is 20.7 Å². The van der Waals surface area contributed by atoms with Gasteiger partial charge in [0.2, 0.25) is 10.0 Å². The molecule has 1 atom stereocenters. The van der Waals surface area contributed by atoms with Gasteiger partial charge in [0.05, 0.1) is 23.7 Å². The lowest BCUT2D eigenvalue weighted by atomic mass is 10.2. The maximum absolute atomic E-state index is 12.3. The smallest absolute Gasteiger partial charge is 0.337 e. The van der Waals surface area contributed by atoms with E-state index in [0.717, 1.165) is 4.31 Å². The molecule has 0 aromatic heterocycles. The summed E-state index contributed by atoms with van der Waals surface area (Å²) in [6, 6.07) is 5.67. The van der Waals surface area contributed by atoms with Crippen LogP contribution in [0.2, 0.25) is 0 Å². The van der Waals surface area contributed by atoms with E-state index in [1.54, 1.807) is 6.92 Å². The molecule has 0 fully saturated rings. The number of nitrogens with zero attached hydrogens (tertiary/aromatic N) is 1. The SMILES string of the molecule is COC(=O)c1cccc(S(=O)(=O)N(C)CCC(C)O)c1. The average Bonchev–Trinajstić information content (AvgIpc) is 2.43. The quantitative estimate of drug-likeness (QED) is 0.788. The summed E-state index contributed by atoms with van der Waals surface area (Å²) in [5.41, 5.74) is 0.178. The van der Waals surface area contributed by atoms with Gasteiger partial charge in [-0.2, -0.15) is 0 Å². The molecule has 0 aliphatic rings. The third kappa shape index (κ3) is 4.03. The number of esters is 1. The molecule has 112 valence electrons. The Bertz CT molecular complexity index is 568.